The number of piperidine rings is 1. The Labute approximate surface area is 160 Å². The van der Waals surface area contributed by atoms with Crippen molar-refractivity contribution in [2.24, 2.45) is 0 Å². The average molecular weight is 380 g/mol. The molecule has 0 aliphatic carbocycles. The molecule has 1 aromatic rings. The summed E-state index contributed by atoms with van der Waals surface area (Å²) in [5, 5.41) is 3.61. The number of hydrogen-bond donors (Lipinski definition) is 1. The van der Waals surface area contributed by atoms with Crippen LogP contribution in [0.4, 0.5) is 5.69 Å². The molecule has 0 saturated carbocycles. The summed E-state index contributed by atoms with van der Waals surface area (Å²) in [4.78, 5) is 28.5. The first-order valence-electron chi connectivity index (χ1n) is 9.15. The number of nitrogens with one attached hydrogen (secondary N) is 1. The summed E-state index contributed by atoms with van der Waals surface area (Å²) < 4.78 is 5.45. The first kappa shape index (κ1) is 19.0. The summed E-state index contributed by atoms with van der Waals surface area (Å²) in [7, 11) is 1.91. The van der Waals surface area contributed by atoms with Gasteiger partial charge in [0.05, 0.1) is 5.69 Å². The lowest BCUT2D eigenvalue weighted by atomic mass is 9.98. The fourth-order valence-corrected chi connectivity index (χ4v) is 4.33. The number of hydrogen-bond acceptors (Lipinski definition) is 4. The van der Waals surface area contributed by atoms with Crippen LogP contribution in [-0.4, -0.2) is 55.0 Å². The molecule has 1 N–H and O–H groups in total. The van der Waals surface area contributed by atoms with E-state index in [0.29, 0.717) is 36.8 Å². The van der Waals surface area contributed by atoms with Crippen molar-refractivity contribution >= 4 is 29.9 Å². The monoisotopic (exact) mass is 379 g/mol. The van der Waals surface area contributed by atoms with Crippen molar-refractivity contribution < 1.29 is 14.3 Å². The number of carbonyl (C=O) groups is 2. The van der Waals surface area contributed by atoms with E-state index in [1.165, 1.54) is 12.8 Å². The molecular formula is C19H26ClN3O3. The molecule has 1 aromatic carbocycles. The summed E-state index contributed by atoms with van der Waals surface area (Å²) in [5.41, 5.74) is 0.758. The minimum atomic E-state index is -0.0888. The maximum atomic E-state index is 12.7. The van der Waals surface area contributed by atoms with Gasteiger partial charge in [-0.2, -0.15) is 0 Å². The molecule has 142 valence electrons. The van der Waals surface area contributed by atoms with Gasteiger partial charge in [0.25, 0.3) is 5.91 Å². The van der Waals surface area contributed by atoms with Crippen LogP contribution in [0.2, 0.25) is 0 Å². The lowest BCUT2D eigenvalue weighted by molar-refractivity contribution is -0.132. The van der Waals surface area contributed by atoms with Gasteiger partial charge in [-0.3, -0.25) is 9.59 Å². The molecular weight excluding hydrogens is 354 g/mol. The van der Waals surface area contributed by atoms with Gasteiger partial charge in [-0.25, -0.2) is 0 Å². The van der Waals surface area contributed by atoms with Gasteiger partial charge < -0.3 is 19.9 Å². The zero-order valence-corrected chi connectivity index (χ0v) is 15.8. The van der Waals surface area contributed by atoms with Crippen molar-refractivity contribution in [1.82, 2.24) is 10.2 Å². The van der Waals surface area contributed by atoms with E-state index in [1.807, 2.05) is 36.2 Å². The number of nitrogens with zero attached hydrogens (tertiary/aromatic N) is 2. The molecule has 2 amide bonds. The summed E-state index contributed by atoms with van der Waals surface area (Å²) in [6.45, 7) is 0.443. The molecule has 3 heterocycles. The fourth-order valence-electron chi connectivity index (χ4n) is 4.33. The van der Waals surface area contributed by atoms with Crippen LogP contribution >= 0.6 is 12.4 Å². The Bertz CT molecular complexity index is 672. The van der Waals surface area contributed by atoms with E-state index in [2.05, 4.69) is 5.32 Å². The van der Waals surface area contributed by atoms with Gasteiger partial charge in [0.15, 0.2) is 6.61 Å². The number of benzene rings is 1. The summed E-state index contributed by atoms with van der Waals surface area (Å²) in [6.07, 6.45) is 4.87. The number of carbonyl (C=O) groups excluding carboxylic acids is 2. The fraction of sp³-hybridized carbons (Fsp3) is 0.579. The molecule has 0 aromatic heterocycles. The number of rotatable bonds is 4. The van der Waals surface area contributed by atoms with Gasteiger partial charge >= 0.3 is 0 Å². The minimum absolute atomic E-state index is 0. The van der Waals surface area contributed by atoms with Gasteiger partial charge in [-0.05, 0) is 37.8 Å². The highest BCUT2D eigenvalue weighted by molar-refractivity contribution is 5.98. The van der Waals surface area contributed by atoms with Gasteiger partial charge in [-0.1, -0.05) is 12.1 Å². The molecule has 26 heavy (non-hydrogen) atoms. The van der Waals surface area contributed by atoms with Crippen LogP contribution in [0, 0.1) is 0 Å². The van der Waals surface area contributed by atoms with Gasteiger partial charge in [0.2, 0.25) is 5.91 Å². The Morgan fingerprint density at radius 3 is 2.69 bits per heavy atom. The summed E-state index contributed by atoms with van der Waals surface area (Å²) in [5.74, 6) is 0.731. The molecule has 0 spiro atoms. The average Bonchev–Trinajstić information content (AvgIpc) is 2.97. The molecule has 6 nitrogen and oxygen atoms in total. The van der Waals surface area contributed by atoms with E-state index in [1.54, 1.807) is 4.90 Å². The normalized spacial score (nSPS) is 26.6. The first-order chi connectivity index (χ1) is 12.1. The van der Waals surface area contributed by atoms with Gasteiger partial charge in [0, 0.05) is 38.1 Å². The van der Waals surface area contributed by atoms with Crippen molar-refractivity contribution in [3.8, 4) is 5.75 Å². The highest BCUT2D eigenvalue weighted by Gasteiger charge is 2.36. The number of halogens is 1. The number of amides is 2. The summed E-state index contributed by atoms with van der Waals surface area (Å²) in [6, 6.07) is 8.93. The predicted molar refractivity (Wildman–Crippen MR) is 102 cm³/mol. The second kappa shape index (κ2) is 7.84. The van der Waals surface area contributed by atoms with E-state index in [0.717, 1.165) is 18.5 Å². The van der Waals surface area contributed by atoms with Crippen LogP contribution in [0.15, 0.2) is 24.3 Å². The van der Waals surface area contributed by atoms with Gasteiger partial charge in [-0.15, -0.1) is 12.4 Å². The Morgan fingerprint density at radius 1 is 1.27 bits per heavy atom. The molecule has 2 unspecified atom stereocenters. The Morgan fingerprint density at radius 2 is 1.96 bits per heavy atom. The molecule has 3 aliphatic rings. The quantitative estimate of drug-likeness (QED) is 0.868. The lowest BCUT2D eigenvalue weighted by Gasteiger charge is -2.36. The third-order valence-electron chi connectivity index (χ3n) is 5.75. The Hall–Kier alpha value is -1.79. The molecule has 0 radical (unpaired) electrons. The Balaban J connectivity index is 0.00000196. The van der Waals surface area contributed by atoms with Crippen LogP contribution in [0.25, 0.3) is 0 Å². The van der Waals surface area contributed by atoms with E-state index in [4.69, 9.17) is 4.74 Å². The third kappa shape index (κ3) is 3.67. The van der Waals surface area contributed by atoms with Crippen LogP contribution in [-0.2, 0) is 9.59 Å². The predicted octanol–water partition coefficient (Wildman–Crippen LogP) is 1.97. The van der Waals surface area contributed by atoms with Crippen LogP contribution < -0.4 is 15.0 Å². The molecule has 7 heteroatoms. The van der Waals surface area contributed by atoms with E-state index in [-0.39, 0.29) is 30.8 Å². The van der Waals surface area contributed by atoms with E-state index in [9.17, 15) is 9.59 Å². The second-order valence-electron chi connectivity index (χ2n) is 7.32. The van der Waals surface area contributed by atoms with Crippen LogP contribution in [0.3, 0.4) is 0 Å². The second-order valence-corrected chi connectivity index (χ2v) is 7.32. The lowest BCUT2D eigenvalue weighted by Crippen LogP contribution is -2.49. The highest BCUT2D eigenvalue weighted by atomic mass is 35.5. The van der Waals surface area contributed by atoms with Gasteiger partial charge in [0.1, 0.15) is 5.75 Å². The number of anilines is 1. The first-order valence-corrected chi connectivity index (χ1v) is 9.15. The van der Waals surface area contributed by atoms with E-state index < -0.39 is 0 Å². The number of ether oxygens (including phenoxy) is 1. The van der Waals surface area contributed by atoms with Crippen molar-refractivity contribution in [2.45, 2.75) is 50.2 Å². The molecule has 2 fully saturated rings. The maximum absolute atomic E-state index is 12.7. The SMILES string of the molecule is CN(C(=O)CCN1C(=O)COc2ccccc21)C1CC2CCC(C1)N2.Cl. The minimum Gasteiger partial charge on any atom is -0.482 e. The van der Waals surface area contributed by atoms with Crippen molar-refractivity contribution in [3.63, 3.8) is 0 Å². The Kier molecular flexibility index (Phi) is 5.73. The molecule has 4 rings (SSSR count). The summed E-state index contributed by atoms with van der Waals surface area (Å²) >= 11 is 0. The maximum Gasteiger partial charge on any atom is 0.265 e. The third-order valence-corrected chi connectivity index (χ3v) is 5.75. The zero-order chi connectivity index (χ0) is 17.4. The molecule has 2 saturated heterocycles. The molecule has 3 aliphatic heterocycles. The standard InChI is InChI=1S/C19H25N3O3.ClH/c1-21(15-10-13-6-7-14(11-15)20-13)18(23)8-9-22-16-4-2-3-5-17(16)25-12-19(22)24;/h2-5,13-15,20H,6-12H2,1H3;1H. The largest absolute Gasteiger partial charge is 0.482 e. The number of fused-ring (bicyclic) bond motifs is 3. The van der Waals surface area contributed by atoms with E-state index >= 15 is 0 Å². The zero-order valence-electron chi connectivity index (χ0n) is 15.0. The molecule has 2 bridgehead atoms. The smallest absolute Gasteiger partial charge is 0.265 e. The van der Waals surface area contributed by atoms with Crippen molar-refractivity contribution in [3.05, 3.63) is 24.3 Å². The highest BCUT2D eigenvalue weighted by Crippen LogP contribution is 2.32. The topological polar surface area (TPSA) is 61.9 Å². The van der Waals surface area contributed by atoms with Crippen molar-refractivity contribution in [2.75, 3.05) is 25.1 Å². The molecule has 2 atom stereocenters. The van der Waals surface area contributed by atoms with Crippen LogP contribution in [0.1, 0.15) is 32.1 Å². The van der Waals surface area contributed by atoms with Crippen molar-refractivity contribution in [1.29, 1.82) is 0 Å². The van der Waals surface area contributed by atoms with Crippen LogP contribution in [0.5, 0.6) is 5.75 Å². The number of para-hydroxylation sites is 2.